The molecule has 2 aromatic carbocycles. The van der Waals surface area contributed by atoms with Gasteiger partial charge in [-0.3, -0.25) is 4.79 Å². The molecule has 1 aliphatic heterocycles. The van der Waals surface area contributed by atoms with Gasteiger partial charge in [0.2, 0.25) is 0 Å². The normalized spacial score (nSPS) is 13.3. The van der Waals surface area contributed by atoms with Gasteiger partial charge in [0.15, 0.2) is 5.78 Å². The largest absolute Gasteiger partial charge is 0.493 e. The first-order valence-corrected chi connectivity index (χ1v) is 12.4. The molecule has 1 aliphatic rings. The van der Waals surface area contributed by atoms with Crippen LogP contribution in [0.4, 0.5) is 0 Å². The average molecular weight is 496 g/mol. The number of aliphatic carboxylic acids is 2. The van der Waals surface area contributed by atoms with E-state index in [1.54, 1.807) is 0 Å². The van der Waals surface area contributed by atoms with Crippen LogP contribution < -0.4 is 4.74 Å². The van der Waals surface area contributed by atoms with Crippen LogP contribution in [0.25, 0.3) is 11.1 Å². The molecule has 1 heterocycles. The second-order valence-electron chi connectivity index (χ2n) is 8.95. The standard InChI is InChI=1S/C25H33NO2.C4H4O4/c1-4-9-24(27)22-11-7-10-21(17-22)23-18-25(20(3)16-19(23)2)28-15-8-14-26-12-5-6-13-26;5-3(6)1-2-4(7)8/h7,10-11,16-18H,4-6,8-9,12-15H2,1-3H3;1-2H,(H,5,6)(H,7,8). The first-order chi connectivity index (χ1) is 17.2. The molecule has 0 amide bonds. The van der Waals surface area contributed by atoms with E-state index in [2.05, 4.69) is 36.9 Å². The lowest BCUT2D eigenvalue weighted by Crippen LogP contribution is -2.22. The van der Waals surface area contributed by atoms with Crippen LogP contribution in [0.5, 0.6) is 5.75 Å². The van der Waals surface area contributed by atoms with Crippen molar-refractivity contribution in [3.8, 4) is 16.9 Å². The Kier molecular flexibility index (Phi) is 11.9. The summed E-state index contributed by atoms with van der Waals surface area (Å²) < 4.78 is 6.14. The van der Waals surface area contributed by atoms with Crippen LogP contribution in [0.3, 0.4) is 0 Å². The first-order valence-electron chi connectivity index (χ1n) is 12.4. The van der Waals surface area contributed by atoms with Crippen LogP contribution in [-0.4, -0.2) is 59.1 Å². The monoisotopic (exact) mass is 495 g/mol. The molecular weight excluding hydrogens is 458 g/mol. The Hall–Kier alpha value is -3.45. The maximum atomic E-state index is 12.3. The molecule has 2 N–H and O–H groups in total. The van der Waals surface area contributed by atoms with Crippen LogP contribution in [-0.2, 0) is 9.59 Å². The van der Waals surface area contributed by atoms with Crippen molar-refractivity contribution in [3.05, 3.63) is 65.2 Å². The number of likely N-dealkylation sites (tertiary alicyclic amines) is 1. The van der Waals surface area contributed by atoms with Gasteiger partial charge >= 0.3 is 11.9 Å². The zero-order valence-corrected chi connectivity index (χ0v) is 21.5. The molecule has 0 atom stereocenters. The quantitative estimate of drug-likeness (QED) is 0.240. The number of ether oxygens (including phenoxy) is 1. The summed E-state index contributed by atoms with van der Waals surface area (Å²) in [6.07, 6.45) is 6.32. The maximum absolute atomic E-state index is 12.3. The van der Waals surface area contributed by atoms with Gasteiger partial charge in [-0.15, -0.1) is 0 Å². The summed E-state index contributed by atoms with van der Waals surface area (Å²) in [5.74, 6) is -1.35. The summed E-state index contributed by atoms with van der Waals surface area (Å²) >= 11 is 0. The van der Waals surface area contributed by atoms with Crippen molar-refractivity contribution >= 4 is 17.7 Å². The second-order valence-corrected chi connectivity index (χ2v) is 8.95. The number of rotatable bonds is 11. The maximum Gasteiger partial charge on any atom is 0.328 e. The van der Waals surface area contributed by atoms with Gasteiger partial charge in [0.25, 0.3) is 0 Å². The van der Waals surface area contributed by atoms with E-state index in [9.17, 15) is 14.4 Å². The lowest BCUT2D eigenvalue weighted by Gasteiger charge is -2.17. The minimum Gasteiger partial charge on any atom is -0.493 e. The number of nitrogens with zero attached hydrogens (tertiary/aromatic N) is 1. The summed E-state index contributed by atoms with van der Waals surface area (Å²) in [4.78, 5) is 33.9. The molecule has 194 valence electrons. The Morgan fingerprint density at radius 1 is 0.972 bits per heavy atom. The van der Waals surface area contributed by atoms with E-state index in [1.807, 2.05) is 25.1 Å². The van der Waals surface area contributed by atoms with E-state index in [0.29, 0.717) is 18.6 Å². The average Bonchev–Trinajstić information content (AvgIpc) is 3.36. The molecule has 1 saturated heterocycles. The molecule has 0 bridgehead atoms. The Bertz CT molecular complexity index is 1050. The summed E-state index contributed by atoms with van der Waals surface area (Å²) in [6, 6.07) is 12.3. The smallest absolute Gasteiger partial charge is 0.328 e. The van der Waals surface area contributed by atoms with Crippen LogP contribution in [0.2, 0.25) is 0 Å². The van der Waals surface area contributed by atoms with Crippen LogP contribution in [0.1, 0.15) is 60.5 Å². The number of hydrogen-bond donors (Lipinski definition) is 2. The minimum atomic E-state index is -1.26. The molecule has 36 heavy (non-hydrogen) atoms. The summed E-state index contributed by atoms with van der Waals surface area (Å²) in [5.41, 5.74) is 5.41. The molecule has 1 fully saturated rings. The molecular formula is C29H37NO6. The number of carbonyl (C=O) groups excluding carboxylic acids is 1. The Morgan fingerprint density at radius 3 is 2.25 bits per heavy atom. The zero-order chi connectivity index (χ0) is 26.5. The van der Waals surface area contributed by atoms with Crippen molar-refractivity contribution in [2.24, 2.45) is 0 Å². The van der Waals surface area contributed by atoms with Crippen molar-refractivity contribution in [1.29, 1.82) is 0 Å². The van der Waals surface area contributed by atoms with E-state index in [1.165, 1.54) is 37.1 Å². The lowest BCUT2D eigenvalue weighted by atomic mass is 9.95. The highest BCUT2D eigenvalue weighted by Crippen LogP contribution is 2.31. The van der Waals surface area contributed by atoms with Gasteiger partial charge in [-0.1, -0.05) is 31.2 Å². The van der Waals surface area contributed by atoms with Crippen molar-refractivity contribution in [2.45, 2.75) is 52.9 Å². The molecule has 0 radical (unpaired) electrons. The Balaban J connectivity index is 0.000000493. The predicted molar refractivity (Wildman–Crippen MR) is 141 cm³/mol. The van der Waals surface area contributed by atoms with Crippen molar-refractivity contribution in [3.63, 3.8) is 0 Å². The SMILES string of the molecule is CCCC(=O)c1cccc(-c2cc(OCCCN3CCCC3)c(C)cc2C)c1.O=C(O)C=CC(=O)O. The molecule has 0 unspecified atom stereocenters. The van der Waals surface area contributed by atoms with E-state index >= 15 is 0 Å². The fraction of sp³-hybridized carbons (Fsp3) is 0.414. The van der Waals surface area contributed by atoms with E-state index in [-0.39, 0.29) is 5.78 Å². The third-order valence-electron chi connectivity index (χ3n) is 5.94. The summed E-state index contributed by atoms with van der Waals surface area (Å²) in [6.45, 7) is 10.6. The van der Waals surface area contributed by atoms with Crippen LogP contribution in [0.15, 0.2) is 48.6 Å². The van der Waals surface area contributed by atoms with Gasteiger partial charge in [0.1, 0.15) is 5.75 Å². The Morgan fingerprint density at radius 2 is 1.64 bits per heavy atom. The second kappa shape index (κ2) is 14.8. The molecule has 2 aromatic rings. The van der Waals surface area contributed by atoms with E-state index in [4.69, 9.17) is 14.9 Å². The molecule has 0 aromatic heterocycles. The molecule has 0 aliphatic carbocycles. The number of Topliss-reactive ketones (excluding diaryl/α,β-unsaturated/α-hetero) is 1. The highest BCUT2D eigenvalue weighted by Gasteiger charge is 2.12. The number of carboxylic acid groups (broad SMARTS) is 2. The van der Waals surface area contributed by atoms with E-state index in [0.717, 1.165) is 48.4 Å². The van der Waals surface area contributed by atoms with Gasteiger partial charge in [0, 0.05) is 30.7 Å². The Labute approximate surface area is 213 Å². The molecule has 0 spiro atoms. The number of aryl methyl sites for hydroxylation is 2. The number of ketones is 1. The topological polar surface area (TPSA) is 104 Å². The third kappa shape index (κ3) is 9.66. The molecule has 7 heteroatoms. The number of hydrogen-bond acceptors (Lipinski definition) is 5. The minimum absolute atomic E-state index is 0.215. The zero-order valence-electron chi connectivity index (χ0n) is 21.5. The number of carbonyl (C=O) groups is 3. The number of benzene rings is 2. The van der Waals surface area contributed by atoms with Crippen LogP contribution in [0, 0.1) is 13.8 Å². The van der Waals surface area contributed by atoms with Gasteiger partial charge in [0.05, 0.1) is 6.61 Å². The van der Waals surface area contributed by atoms with Gasteiger partial charge in [-0.2, -0.15) is 0 Å². The summed E-state index contributed by atoms with van der Waals surface area (Å²) in [7, 11) is 0. The fourth-order valence-corrected chi connectivity index (χ4v) is 4.15. The van der Waals surface area contributed by atoms with Crippen molar-refractivity contribution in [2.75, 3.05) is 26.2 Å². The fourth-order valence-electron chi connectivity index (χ4n) is 4.15. The first kappa shape index (κ1) is 28.8. The molecule has 3 rings (SSSR count). The van der Waals surface area contributed by atoms with Gasteiger partial charge < -0.3 is 19.8 Å². The summed E-state index contributed by atoms with van der Waals surface area (Å²) in [5, 5.41) is 15.6. The highest BCUT2D eigenvalue weighted by atomic mass is 16.5. The molecule has 0 saturated carbocycles. The van der Waals surface area contributed by atoms with E-state index < -0.39 is 11.9 Å². The molecule has 7 nitrogen and oxygen atoms in total. The predicted octanol–water partition coefficient (Wildman–Crippen LogP) is 5.53. The van der Waals surface area contributed by atoms with Crippen molar-refractivity contribution in [1.82, 2.24) is 4.90 Å². The number of carboxylic acids is 2. The van der Waals surface area contributed by atoms with Crippen molar-refractivity contribution < 1.29 is 29.3 Å². The highest BCUT2D eigenvalue weighted by molar-refractivity contribution is 5.97. The lowest BCUT2D eigenvalue weighted by molar-refractivity contribution is -0.134. The third-order valence-corrected chi connectivity index (χ3v) is 5.94. The van der Waals surface area contributed by atoms with Crippen LogP contribution >= 0.6 is 0 Å². The van der Waals surface area contributed by atoms with Gasteiger partial charge in [-0.05, 0) is 87.0 Å². The van der Waals surface area contributed by atoms with Gasteiger partial charge in [-0.25, -0.2) is 9.59 Å².